The van der Waals surface area contributed by atoms with E-state index >= 15 is 0 Å². The average molecular weight is 393 g/mol. The molecule has 2 aromatic rings. The number of carbonyl (C=O) groups excluding carboxylic acids is 1. The maximum atomic E-state index is 12.9. The van der Waals surface area contributed by atoms with Crippen LogP contribution in [-0.4, -0.2) is 31.7 Å². The van der Waals surface area contributed by atoms with Crippen molar-refractivity contribution in [3.63, 3.8) is 0 Å². The molecule has 0 bridgehead atoms. The molecule has 1 N–H and O–H groups in total. The van der Waals surface area contributed by atoms with Crippen molar-refractivity contribution in [3.8, 4) is 0 Å². The number of nitrogens with zero attached hydrogens (tertiary/aromatic N) is 1. The molecule has 7 heteroatoms. The van der Waals surface area contributed by atoms with Gasteiger partial charge in [0.15, 0.2) is 0 Å². The number of benzene rings is 1. The van der Waals surface area contributed by atoms with Gasteiger partial charge >= 0.3 is 0 Å². The Morgan fingerprint density at radius 2 is 1.92 bits per heavy atom. The summed E-state index contributed by atoms with van der Waals surface area (Å²) < 4.78 is 27.3. The molecule has 1 saturated heterocycles. The van der Waals surface area contributed by atoms with Crippen molar-refractivity contribution >= 4 is 27.3 Å². The summed E-state index contributed by atoms with van der Waals surface area (Å²) in [6.45, 7) is 4.84. The van der Waals surface area contributed by atoms with Crippen LogP contribution in [0.3, 0.4) is 0 Å². The van der Waals surface area contributed by atoms with Crippen LogP contribution in [0.5, 0.6) is 0 Å². The number of carbonyl (C=O) groups is 1. The van der Waals surface area contributed by atoms with Crippen LogP contribution in [0.4, 0.5) is 0 Å². The Morgan fingerprint density at radius 3 is 2.58 bits per heavy atom. The van der Waals surface area contributed by atoms with Crippen LogP contribution >= 0.6 is 11.3 Å². The van der Waals surface area contributed by atoms with Gasteiger partial charge in [0.25, 0.3) is 5.91 Å². The van der Waals surface area contributed by atoms with E-state index in [-0.39, 0.29) is 16.8 Å². The molecule has 3 rings (SSSR count). The number of rotatable bonds is 5. The fraction of sp³-hybridized carbons (Fsp3) is 0.421. The number of hydrogen-bond donors (Lipinski definition) is 1. The first-order chi connectivity index (χ1) is 12.4. The first-order valence-electron chi connectivity index (χ1n) is 8.84. The van der Waals surface area contributed by atoms with Crippen molar-refractivity contribution in [3.05, 3.63) is 51.7 Å². The first kappa shape index (κ1) is 19.1. The second-order valence-corrected chi connectivity index (χ2v) is 9.57. The topological polar surface area (TPSA) is 66.5 Å². The predicted octanol–water partition coefficient (Wildman–Crippen LogP) is 3.72. The Hall–Kier alpha value is -1.70. The molecule has 26 heavy (non-hydrogen) atoms. The van der Waals surface area contributed by atoms with Crippen LogP contribution in [-0.2, 0) is 10.0 Å². The van der Waals surface area contributed by atoms with Crippen molar-refractivity contribution in [2.24, 2.45) is 0 Å². The molecule has 0 spiro atoms. The Kier molecular flexibility index (Phi) is 5.79. The van der Waals surface area contributed by atoms with Crippen molar-refractivity contribution in [2.75, 3.05) is 13.1 Å². The molecule has 0 radical (unpaired) electrons. The molecule has 0 saturated carbocycles. The molecule has 2 heterocycles. The Morgan fingerprint density at radius 1 is 1.19 bits per heavy atom. The van der Waals surface area contributed by atoms with E-state index in [1.807, 2.05) is 31.4 Å². The summed E-state index contributed by atoms with van der Waals surface area (Å²) in [4.78, 5) is 14.0. The molecule has 1 aliphatic rings. The number of nitrogens with one attached hydrogen (secondary N) is 1. The minimum absolute atomic E-state index is 0.121. The lowest BCUT2D eigenvalue weighted by atomic mass is 10.1. The zero-order chi connectivity index (χ0) is 18.7. The standard InChI is InChI=1S/C19H24N2O3S2/c1-14-8-9-16(26(23,24)21-10-4-3-5-11-21)13-17(14)19(22)20-15(2)18-7-6-12-25-18/h6-9,12-13,15H,3-5,10-11H2,1-2H3,(H,20,22). The predicted molar refractivity (Wildman–Crippen MR) is 104 cm³/mol. The van der Waals surface area contributed by atoms with Crippen LogP contribution in [0, 0.1) is 6.92 Å². The third-order valence-corrected chi connectivity index (χ3v) is 7.67. The lowest BCUT2D eigenvalue weighted by molar-refractivity contribution is 0.0939. The first-order valence-corrected chi connectivity index (χ1v) is 11.2. The van der Waals surface area contributed by atoms with Crippen molar-refractivity contribution in [1.82, 2.24) is 9.62 Å². The number of amides is 1. The van der Waals surface area contributed by atoms with Crippen LogP contribution in [0.2, 0.25) is 0 Å². The minimum Gasteiger partial charge on any atom is -0.345 e. The van der Waals surface area contributed by atoms with Gasteiger partial charge in [-0.15, -0.1) is 11.3 Å². The Balaban J connectivity index is 1.84. The fourth-order valence-electron chi connectivity index (χ4n) is 3.14. The largest absolute Gasteiger partial charge is 0.345 e. The smallest absolute Gasteiger partial charge is 0.252 e. The maximum absolute atomic E-state index is 12.9. The normalized spacial score (nSPS) is 17.0. The molecular formula is C19H24N2O3S2. The van der Waals surface area contributed by atoms with E-state index in [0.717, 1.165) is 29.7 Å². The highest BCUT2D eigenvalue weighted by molar-refractivity contribution is 7.89. The summed E-state index contributed by atoms with van der Waals surface area (Å²) >= 11 is 1.58. The molecule has 1 aromatic carbocycles. The molecule has 0 aliphatic carbocycles. The molecule has 1 amide bonds. The second kappa shape index (κ2) is 7.90. The van der Waals surface area contributed by atoms with Crippen LogP contribution in [0.25, 0.3) is 0 Å². The van der Waals surface area contributed by atoms with Gasteiger partial charge < -0.3 is 5.32 Å². The van der Waals surface area contributed by atoms with E-state index in [4.69, 9.17) is 0 Å². The zero-order valence-corrected chi connectivity index (χ0v) is 16.7. The van der Waals surface area contributed by atoms with Gasteiger partial charge in [0, 0.05) is 23.5 Å². The highest BCUT2D eigenvalue weighted by Crippen LogP contribution is 2.24. The van der Waals surface area contributed by atoms with Gasteiger partial charge in [-0.1, -0.05) is 18.6 Å². The quantitative estimate of drug-likeness (QED) is 0.843. The molecule has 140 valence electrons. The molecule has 1 atom stereocenters. The summed E-state index contributed by atoms with van der Waals surface area (Å²) in [7, 11) is -3.55. The molecule has 5 nitrogen and oxygen atoms in total. The van der Waals surface area contributed by atoms with E-state index in [9.17, 15) is 13.2 Å². The average Bonchev–Trinajstić information content (AvgIpc) is 3.17. The third-order valence-electron chi connectivity index (χ3n) is 4.72. The summed E-state index contributed by atoms with van der Waals surface area (Å²) in [6.07, 6.45) is 2.84. The Labute approximate surface area is 159 Å². The summed E-state index contributed by atoms with van der Waals surface area (Å²) in [5, 5.41) is 4.93. The lowest BCUT2D eigenvalue weighted by Gasteiger charge is -2.26. The van der Waals surface area contributed by atoms with E-state index < -0.39 is 10.0 Å². The summed E-state index contributed by atoms with van der Waals surface area (Å²) in [6, 6.07) is 8.61. The highest BCUT2D eigenvalue weighted by atomic mass is 32.2. The van der Waals surface area contributed by atoms with Crippen molar-refractivity contribution in [1.29, 1.82) is 0 Å². The van der Waals surface area contributed by atoms with Gasteiger partial charge in [-0.05, 0) is 55.8 Å². The number of sulfonamides is 1. The van der Waals surface area contributed by atoms with Crippen molar-refractivity contribution < 1.29 is 13.2 Å². The van der Waals surface area contributed by atoms with Crippen LogP contribution < -0.4 is 5.32 Å². The monoisotopic (exact) mass is 392 g/mol. The summed E-state index contributed by atoms with van der Waals surface area (Å²) in [5.74, 6) is -0.251. The number of hydrogen-bond acceptors (Lipinski definition) is 4. The molecule has 1 aromatic heterocycles. The van der Waals surface area contributed by atoms with Gasteiger partial charge in [0.1, 0.15) is 0 Å². The second-order valence-electron chi connectivity index (χ2n) is 6.65. The zero-order valence-electron chi connectivity index (χ0n) is 15.1. The minimum atomic E-state index is -3.55. The molecule has 1 unspecified atom stereocenters. The van der Waals surface area contributed by atoms with Crippen molar-refractivity contribution in [2.45, 2.75) is 44.0 Å². The fourth-order valence-corrected chi connectivity index (χ4v) is 5.42. The number of thiophene rings is 1. The molecule has 1 fully saturated rings. The van der Waals surface area contributed by atoms with Crippen LogP contribution in [0.15, 0.2) is 40.6 Å². The molecule has 1 aliphatic heterocycles. The SMILES string of the molecule is Cc1ccc(S(=O)(=O)N2CCCCC2)cc1C(=O)NC(C)c1cccs1. The highest BCUT2D eigenvalue weighted by Gasteiger charge is 2.27. The van der Waals surface area contributed by atoms with Gasteiger partial charge in [0.05, 0.1) is 10.9 Å². The number of piperidine rings is 1. The van der Waals surface area contributed by atoms with Gasteiger partial charge in [-0.3, -0.25) is 4.79 Å². The lowest BCUT2D eigenvalue weighted by Crippen LogP contribution is -2.35. The van der Waals surface area contributed by atoms with Gasteiger partial charge in [-0.25, -0.2) is 8.42 Å². The van der Waals surface area contributed by atoms with E-state index in [2.05, 4.69) is 5.32 Å². The van der Waals surface area contributed by atoms with E-state index in [0.29, 0.717) is 18.7 Å². The van der Waals surface area contributed by atoms with E-state index in [1.165, 1.54) is 10.4 Å². The summed E-state index contributed by atoms with van der Waals surface area (Å²) in [5.41, 5.74) is 1.17. The van der Waals surface area contributed by atoms with Gasteiger partial charge in [-0.2, -0.15) is 4.31 Å². The third kappa shape index (κ3) is 4.00. The number of aryl methyl sites for hydroxylation is 1. The van der Waals surface area contributed by atoms with E-state index in [1.54, 1.807) is 23.5 Å². The van der Waals surface area contributed by atoms with Crippen LogP contribution in [0.1, 0.15) is 53.0 Å². The maximum Gasteiger partial charge on any atom is 0.252 e. The Bertz CT molecular complexity index is 870. The van der Waals surface area contributed by atoms with Gasteiger partial charge in [0.2, 0.25) is 10.0 Å². The molecular weight excluding hydrogens is 368 g/mol.